The first-order valence-corrected chi connectivity index (χ1v) is 9.36. The van der Waals surface area contributed by atoms with Gasteiger partial charge in [0, 0.05) is 17.1 Å². The molecular formula is C20H19N3O2S. The van der Waals surface area contributed by atoms with Gasteiger partial charge in [-0.1, -0.05) is 30.3 Å². The second-order valence-electron chi connectivity index (χ2n) is 6.36. The van der Waals surface area contributed by atoms with Crippen molar-refractivity contribution in [1.82, 2.24) is 14.6 Å². The second-order valence-corrected chi connectivity index (χ2v) is 7.27. The summed E-state index contributed by atoms with van der Waals surface area (Å²) < 4.78 is 7.07. The molecule has 0 atom stereocenters. The Morgan fingerprint density at radius 3 is 2.77 bits per heavy atom. The van der Waals surface area contributed by atoms with Crippen LogP contribution in [0.2, 0.25) is 0 Å². The highest BCUT2D eigenvalue weighted by Crippen LogP contribution is 2.33. The number of nitrogens with one attached hydrogen (secondary N) is 1. The molecule has 0 saturated heterocycles. The monoisotopic (exact) mass is 365 g/mol. The van der Waals surface area contributed by atoms with Gasteiger partial charge in [0.15, 0.2) is 5.65 Å². The van der Waals surface area contributed by atoms with Crippen LogP contribution in [-0.2, 0) is 11.3 Å². The Labute approximate surface area is 154 Å². The minimum absolute atomic E-state index is 0.0895. The van der Waals surface area contributed by atoms with Crippen LogP contribution in [0.4, 0.5) is 0 Å². The molecule has 0 saturated carbocycles. The number of thiophene rings is 1. The summed E-state index contributed by atoms with van der Waals surface area (Å²) in [4.78, 5) is 18.1. The van der Waals surface area contributed by atoms with Crippen LogP contribution >= 0.6 is 11.3 Å². The fraction of sp³-hybridized carbons (Fsp3) is 0.200. The Morgan fingerprint density at radius 1 is 1.19 bits per heavy atom. The van der Waals surface area contributed by atoms with Crippen LogP contribution < -0.4 is 5.56 Å². The first-order chi connectivity index (χ1) is 12.6. The van der Waals surface area contributed by atoms with Gasteiger partial charge in [0.25, 0.3) is 5.56 Å². The van der Waals surface area contributed by atoms with Crippen molar-refractivity contribution in [2.45, 2.75) is 26.6 Å². The van der Waals surface area contributed by atoms with Crippen molar-refractivity contribution in [3.05, 3.63) is 70.1 Å². The lowest BCUT2D eigenvalue weighted by molar-refractivity contribution is 0.0636. The van der Waals surface area contributed by atoms with Crippen molar-refractivity contribution in [3.8, 4) is 21.6 Å². The van der Waals surface area contributed by atoms with Gasteiger partial charge in [-0.3, -0.25) is 9.89 Å². The summed E-state index contributed by atoms with van der Waals surface area (Å²) in [6.45, 7) is 4.25. The summed E-state index contributed by atoms with van der Waals surface area (Å²) in [5.74, 6) is 0. The van der Waals surface area contributed by atoms with E-state index in [0.29, 0.717) is 17.9 Å². The molecule has 3 heterocycles. The van der Waals surface area contributed by atoms with E-state index < -0.39 is 0 Å². The molecule has 0 radical (unpaired) electrons. The van der Waals surface area contributed by atoms with Gasteiger partial charge >= 0.3 is 0 Å². The van der Waals surface area contributed by atoms with E-state index in [1.54, 1.807) is 11.3 Å². The zero-order valence-electron chi connectivity index (χ0n) is 14.6. The van der Waals surface area contributed by atoms with Crippen molar-refractivity contribution < 1.29 is 4.74 Å². The molecule has 0 unspecified atom stereocenters. The van der Waals surface area contributed by atoms with Crippen LogP contribution in [0.25, 0.3) is 27.2 Å². The molecule has 0 spiro atoms. The van der Waals surface area contributed by atoms with Crippen LogP contribution in [0.5, 0.6) is 0 Å². The zero-order chi connectivity index (χ0) is 18.1. The number of nitrogens with zero attached hydrogens (tertiary/aromatic N) is 2. The largest absolute Gasteiger partial charge is 0.373 e. The fourth-order valence-electron chi connectivity index (χ4n) is 2.80. The van der Waals surface area contributed by atoms with Crippen LogP contribution in [-0.4, -0.2) is 20.7 Å². The Morgan fingerprint density at radius 2 is 2.00 bits per heavy atom. The molecule has 3 aromatic heterocycles. The molecule has 5 nitrogen and oxygen atoms in total. The van der Waals surface area contributed by atoms with E-state index >= 15 is 0 Å². The van der Waals surface area contributed by atoms with Crippen LogP contribution in [0.1, 0.15) is 19.5 Å². The zero-order valence-corrected chi connectivity index (χ0v) is 15.4. The standard InChI is InChI=1S/C20H19N3O2S/c1-13(2)25-11-16-9-19(24)23-20(22-16)17(10-21-23)18-8-15(12-26-18)14-6-4-3-5-7-14/h3-10,12-13,21H,11H2,1-2H3. The molecule has 0 aliphatic rings. The summed E-state index contributed by atoms with van der Waals surface area (Å²) in [6, 6.07) is 13.9. The maximum Gasteiger partial charge on any atom is 0.272 e. The van der Waals surface area contributed by atoms with Crippen molar-refractivity contribution in [1.29, 1.82) is 0 Å². The van der Waals surface area contributed by atoms with Crippen molar-refractivity contribution in [2.24, 2.45) is 0 Å². The molecule has 0 bridgehead atoms. The maximum atomic E-state index is 12.4. The predicted octanol–water partition coefficient (Wildman–Crippen LogP) is 4.34. The van der Waals surface area contributed by atoms with Gasteiger partial charge in [0.05, 0.1) is 24.0 Å². The van der Waals surface area contributed by atoms with Crippen molar-refractivity contribution >= 4 is 17.0 Å². The highest BCUT2D eigenvalue weighted by Gasteiger charge is 2.13. The van der Waals surface area contributed by atoms with E-state index in [0.717, 1.165) is 16.0 Å². The topological polar surface area (TPSA) is 59.4 Å². The Bertz CT molecular complexity index is 1090. The Balaban J connectivity index is 1.75. The molecule has 132 valence electrons. The summed E-state index contributed by atoms with van der Waals surface area (Å²) in [5, 5.41) is 5.13. The summed E-state index contributed by atoms with van der Waals surface area (Å²) in [6.07, 6.45) is 1.92. The lowest BCUT2D eigenvalue weighted by Crippen LogP contribution is -2.16. The highest BCUT2D eigenvalue weighted by atomic mass is 32.1. The molecule has 6 heteroatoms. The van der Waals surface area contributed by atoms with Gasteiger partial charge in [-0.2, -0.15) is 0 Å². The SMILES string of the molecule is CC(C)OCc1cc(=O)n2[nH]cc(-c3cc(-c4ccccc4)cs3)c2n1. The van der Waals surface area contributed by atoms with Crippen molar-refractivity contribution in [3.63, 3.8) is 0 Å². The van der Waals surface area contributed by atoms with E-state index in [9.17, 15) is 4.79 Å². The molecule has 0 aliphatic carbocycles. The van der Waals surface area contributed by atoms with E-state index in [1.165, 1.54) is 16.1 Å². The van der Waals surface area contributed by atoms with E-state index in [4.69, 9.17) is 4.74 Å². The van der Waals surface area contributed by atoms with Gasteiger partial charge in [0.2, 0.25) is 0 Å². The van der Waals surface area contributed by atoms with Crippen LogP contribution in [0, 0.1) is 0 Å². The number of rotatable bonds is 5. The first kappa shape index (κ1) is 16.8. The number of H-pyrrole nitrogens is 1. The van der Waals surface area contributed by atoms with E-state index in [2.05, 4.69) is 33.7 Å². The lowest BCUT2D eigenvalue weighted by Gasteiger charge is -2.07. The maximum absolute atomic E-state index is 12.4. The van der Waals surface area contributed by atoms with Gasteiger partial charge in [-0.25, -0.2) is 9.50 Å². The quantitative estimate of drug-likeness (QED) is 0.572. The molecule has 0 aliphatic heterocycles. The van der Waals surface area contributed by atoms with Gasteiger partial charge in [-0.05, 0) is 36.4 Å². The Hall–Kier alpha value is -2.70. The number of aromatic nitrogens is 3. The molecular weight excluding hydrogens is 346 g/mol. The average Bonchev–Trinajstić information content (AvgIpc) is 3.27. The van der Waals surface area contributed by atoms with E-state index in [-0.39, 0.29) is 11.7 Å². The van der Waals surface area contributed by atoms with Gasteiger partial charge in [-0.15, -0.1) is 11.3 Å². The third-order valence-electron chi connectivity index (χ3n) is 4.09. The molecule has 4 rings (SSSR count). The number of fused-ring (bicyclic) bond motifs is 1. The number of ether oxygens (including phenoxy) is 1. The summed E-state index contributed by atoms with van der Waals surface area (Å²) in [7, 11) is 0. The average molecular weight is 365 g/mol. The normalized spacial score (nSPS) is 11.5. The number of hydrogen-bond donors (Lipinski definition) is 1. The third-order valence-corrected chi connectivity index (χ3v) is 5.05. The van der Waals surface area contributed by atoms with E-state index in [1.807, 2.05) is 38.2 Å². The molecule has 4 aromatic rings. The molecule has 1 aromatic carbocycles. The summed E-state index contributed by atoms with van der Waals surface area (Å²) >= 11 is 1.64. The van der Waals surface area contributed by atoms with Crippen molar-refractivity contribution in [2.75, 3.05) is 0 Å². The molecule has 1 N–H and O–H groups in total. The smallest absolute Gasteiger partial charge is 0.272 e. The summed E-state index contributed by atoms with van der Waals surface area (Å²) in [5.41, 5.74) is 4.38. The fourth-order valence-corrected chi connectivity index (χ4v) is 3.73. The minimum atomic E-state index is -0.136. The highest BCUT2D eigenvalue weighted by molar-refractivity contribution is 7.14. The third kappa shape index (κ3) is 3.21. The van der Waals surface area contributed by atoms with Crippen LogP contribution in [0.3, 0.4) is 0 Å². The molecule has 0 amide bonds. The molecule has 0 fully saturated rings. The predicted molar refractivity (Wildman–Crippen MR) is 104 cm³/mol. The lowest BCUT2D eigenvalue weighted by atomic mass is 10.1. The van der Waals surface area contributed by atoms with Crippen LogP contribution in [0.15, 0.2) is 58.8 Å². The number of benzene rings is 1. The number of aromatic amines is 1. The Kier molecular flexibility index (Phi) is 4.44. The first-order valence-electron chi connectivity index (χ1n) is 8.48. The molecule has 26 heavy (non-hydrogen) atoms. The number of hydrogen-bond acceptors (Lipinski definition) is 4. The van der Waals surface area contributed by atoms with Gasteiger partial charge in [0.1, 0.15) is 0 Å². The minimum Gasteiger partial charge on any atom is -0.373 e. The van der Waals surface area contributed by atoms with Gasteiger partial charge < -0.3 is 4.74 Å². The second kappa shape index (κ2) is 6.90.